The van der Waals surface area contributed by atoms with Crippen molar-refractivity contribution >= 4 is 40.4 Å². The van der Waals surface area contributed by atoms with Crippen LogP contribution < -0.4 is 10.6 Å². The number of carbonyl (C=O) groups excluding carboxylic acids is 3. The molecule has 7 heteroatoms. The standard InChI is InChI=1S/C31H35N3O4/c1-5-21-10-8-13-24(18-21)28(29(36)33-25-17-16-22-11-6-7-12-23(22)19-25)34(26-14-9-15-26)27(35)20-32-30(37)38-31(2,3)4/h5-8,10-13,16-19,26,28H,1,9,14-15,20H2,2-4H3,(H,32,37)(H,33,36). The van der Waals surface area contributed by atoms with Crippen LogP contribution >= 0.6 is 0 Å². The summed E-state index contributed by atoms with van der Waals surface area (Å²) < 4.78 is 5.29. The fourth-order valence-corrected chi connectivity index (χ4v) is 4.55. The molecule has 3 aromatic carbocycles. The van der Waals surface area contributed by atoms with E-state index in [2.05, 4.69) is 17.2 Å². The van der Waals surface area contributed by atoms with Crippen molar-refractivity contribution in [3.63, 3.8) is 0 Å². The molecule has 198 valence electrons. The second-order valence-corrected chi connectivity index (χ2v) is 10.6. The molecule has 1 aliphatic rings. The second-order valence-electron chi connectivity index (χ2n) is 10.6. The topological polar surface area (TPSA) is 87.7 Å². The average molecular weight is 514 g/mol. The van der Waals surface area contributed by atoms with Gasteiger partial charge < -0.3 is 20.3 Å². The van der Waals surface area contributed by atoms with E-state index in [0.717, 1.165) is 35.6 Å². The van der Waals surface area contributed by atoms with Crippen molar-refractivity contribution in [1.29, 1.82) is 0 Å². The Labute approximate surface area is 223 Å². The predicted molar refractivity (Wildman–Crippen MR) is 151 cm³/mol. The zero-order valence-electron chi connectivity index (χ0n) is 22.2. The third kappa shape index (κ3) is 6.59. The summed E-state index contributed by atoms with van der Waals surface area (Å²) in [6.45, 7) is 8.86. The number of hydrogen-bond donors (Lipinski definition) is 2. The van der Waals surface area contributed by atoms with Crippen molar-refractivity contribution in [2.24, 2.45) is 0 Å². The molecule has 1 saturated carbocycles. The maximum absolute atomic E-state index is 13.9. The summed E-state index contributed by atoms with van der Waals surface area (Å²) in [6.07, 6.45) is 3.59. The maximum Gasteiger partial charge on any atom is 0.408 e. The molecule has 38 heavy (non-hydrogen) atoms. The molecule has 0 bridgehead atoms. The number of anilines is 1. The third-order valence-electron chi connectivity index (χ3n) is 6.54. The predicted octanol–water partition coefficient (Wildman–Crippen LogP) is 6.07. The van der Waals surface area contributed by atoms with Gasteiger partial charge in [0.1, 0.15) is 18.2 Å². The van der Waals surface area contributed by atoms with Gasteiger partial charge in [0.25, 0.3) is 5.91 Å². The first-order valence-electron chi connectivity index (χ1n) is 12.9. The number of rotatable bonds is 8. The number of amides is 3. The minimum absolute atomic E-state index is 0.109. The highest BCUT2D eigenvalue weighted by atomic mass is 16.6. The number of alkyl carbamates (subject to hydrolysis) is 1. The molecule has 7 nitrogen and oxygen atoms in total. The minimum atomic E-state index is -0.889. The first kappa shape index (κ1) is 26.9. The second kappa shape index (κ2) is 11.5. The van der Waals surface area contributed by atoms with Crippen LogP contribution in [0.1, 0.15) is 57.2 Å². The van der Waals surface area contributed by atoms with E-state index in [9.17, 15) is 14.4 Å². The van der Waals surface area contributed by atoms with Crippen LogP contribution in [-0.4, -0.2) is 41.0 Å². The van der Waals surface area contributed by atoms with Crippen molar-refractivity contribution < 1.29 is 19.1 Å². The van der Waals surface area contributed by atoms with E-state index in [1.54, 1.807) is 31.7 Å². The van der Waals surface area contributed by atoms with Gasteiger partial charge in [0.2, 0.25) is 5.91 Å². The van der Waals surface area contributed by atoms with Crippen LogP contribution in [0, 0.1) is 0 Å². The molecule has 0 aliphatic heterocycles. The SMILES string of the molecule is C=Cc1cccc(C(C(=O)Nc2ccc3ccccc3c2)N(C(=O)CNC(=O)OC(C)(C)C)C2CCC2)c1. The fourth-order valence-electron chi connectivity index (χ4n) is 4.55. The highest BCUT2D eigenvalue weighted by Gasteiger charge is 2.39. The van der Waals surface area contributed by atoms with E-state index in [1.165, 1.54) is 0 Å². The molecule has 0 heterocycles. The average Bonchev–Trinajstić information content (AvgIpc) is 2.85. The Hall–Kier alpha value is -4.13. The highest BCUT2D eigenvalue weighted by molar-refractivity contribution is 6.00. The molecule has 0 spiro atoms. The Bertz CT molecular complexity index is 1340. The van der Waals surface area contributed by atoms with Gasteiger partial charge in [-0.1, -0.05) is 61.2 Å². The first-order chi connectivity index (χ1) is 18.1. The normalized spacial score (nSPS) is 14.2. The van der Waals surface area contributed by atoms with E-state index < -0.39 is 17.7 Å². The van der Waals surface area contributed by atoms with Gasteiger partial charge in [-0.15, -0.1) is 0 Å². The molecule has 0 aromatic heterocycles. The van der Waals surface area contributed by atoms with Gasteiger partial charge in [0.05, 0.1) is 0 Å². The molecule has 0 saturated heterocycles. The van der Waals surface area contributed by atoms with Gasteiger partial charge in [0, 0.05) is 11.7 Å². The van der Waals surface area contributed by atoms with Gasteiger partial charge in [-0.3, -0.25) is 9.59 Å². The Morgan fingerprint density at radius 1 is 1.03 bits per heavy atom. The van der Waals surface area contributed by atoms with Gasteiger partial charge in [0.15, 0.2) is 0 Å². The largest absolute Gasteiger partial charge is 0.444 e. The zero-order chi connectivity index (χ0) is 27.3. The van der Waals surface area contributed by atoms with Crippen LogP contribution in [0.2, 0.25) is 0 Å². The molecular weight excluding hydrogens is 478 g/mol. The minimum Gasteiger partial charge on any atom is -0.444 e. The lowest BCUT2D eigenvalue weighted by atomic mass is 9.88. The summed E-state index contributed by atoms with van der Waals surface area (Å²) in [6, 6.07) is 20.1. The molecule has 1 aliphatic carbocycles. The van der Waals surface area contributed by atoms with Crippen LogP contribution in [-0.2, 0) is 14.3 Å². The highest BCUT2D eigenvalue weighted by Crippen LogP contribution is 2.34. The Balaban J connectivity index is 1.64. The molecular formula is C31H35N3O4. The molecule has 0 radical (unpaired) electrons. The van der Waals surface area contributed by atoms with Crippen LogP contribution in [0.4, 0.5) is 10.5 Å². The molecule has 1 fully saturated rings. The summed E-state index contributed by atoms with van der Waals surface area (Å²) in [5, 5.41) is 7.67. The number of benzene rings is 3. The lowest BCUT2D eigenvalue weighted by Crippen LogP contribution is -2.53. The number of carbonyl (C=O) groups is 3. The summed E-state index contributed by atoms with van der Waals surface area (Å²) in [5.41, 5.74) is 1.48. The summed E-state index contributed by atoms with van der Waals surface area (Å²) in [7, 11) is 0. The van der Waals surface area contributed by atoms with E-state index in [0.29, 0.717) is 11.3 Å². The van der Waals surface area contributed by atoms with Gasteiger partial charge >= 0.3 is 6.09 Å². The van der Waals surface area contributed by atoms with E-state index in [1.807, 2.05) is 66.7 Å². The van der Waals surface area contributed by atoms with Crippen LogP contribution in [0.15, 0.2) is 73.3 Å². The number of nitrogens with one attached hydrogen (secondary N) is 2. The molecule has 3 amide bonds. The summed E-state index contributed by atoms with van der Waals surface area (Å²) in [4.78, 5) is 41.4. The molecule has 3 aromatic rings. The molecule has 1 unspecified atom stereocenters. The summed E-state index contributed by atoms with van der Waals surface area (Å²) >= 11 is 0. The van der Waals surface area contributed by atoms with Crippen LogP contribution in [0.5, 0.6) is 0 Å². The van der Waals surface area contributed by atoms with Crippen LogP contribution in [0.3, 0.4) is 0 Å². The lowest BCUT2D eigenvalue weighted by molar-refractivity contribution is -0.143. The summed E-state index contributed by atoms with van der Waals surface area (Å²) in [5.74, 6) is -0.665. The number of fused-ring (bicyclic) bond motifs is 1. The lowest BCUT2D eigenvalue weighted by Gasteiger charge is -2.42. The smallest absolute Gasteiger partial charge is 0.408 e. The quantitative estimate of drug-likeness (QED) is 0.383. The Kier molecular flexibility index (Phi) is 8.15. The zero-order valence-corrected chi connectivity index (χ0v) is 22.2. The third-order valence-corrected chi connectivity index (χ3v) is 6.54. The van der Waals surface area contributed by atoms with Gasteiger partial charge in [-0.2, -0.15) is 0 Å². The van der Waals surface area contributed by atoms with Gasteiger partial charge in [-0.05, 0) is 80.1 Å². The van der Waals surface area contributed by atoms with Crippen molar-refractivity contribution in [3.8, 4) is 0 Å². The fraction of sp³-hybridized carbons (Fsp3) is 0.323. The van der Waals surface area contributed by atoms with Crippen molar-refractivity contribution in [2.75, 3.05) is 11.9 Å². The van der Waals surface area contributed by atoms with Crippen LogP contribution in [0.25, 0.3) is 16.8 Å². The number of hydrogen-bond acceptors (Lipinski definition) is 4. The monoisotopic (exact) mass is 513 g/mol. The van der Waals surface area contributed by atoms with E-state index in [-0.39, 0.29) is 24.4 Å². The maximum atomic E-state index is 13.9. The van der Waals surface area contributed by atoms with E-state index >= 15 is 0 Å². The van der Waals surface area contributed by atoms with Crippen molar-refractivity contribution in [3.05, 3.63) is 84.4 Å². The van der Waals surface area contributed by atoms with E-state index in [4.69, 9.17) is 4.74 Å². The Morgan fingerprint density at radius 2 is 1.76 bits per heavy atom. The number of nitrogens with zero attached hydrogens (tertiary/aromatic N) is 1. The first-order valence-corrected chi connectivity index (χ1v) is 12.9. The molecule has 4 rings (SSSR count). The van der Waals surface area contributed by atoms with Gasteiger partial charge in [-0.25, -0.2) is 4.79 Å². The number of ether oxygens (including phenoxy) is 1. The molecule has 1 atom stereocenters. The van der Waals surface area contributed by atoms with Crippen molar-refractivity contribution in [2.45, 2.75) is 57.7 Å². The molecule has 2 N–H and O–H groups in total. The van der Waals surface area contributed by atoms with Crippen molar-refractivity contribution in [1.82, 2.24) is 10.2 Å². The Morgan fingerprint density at radius 3 is 2.42 bits per heavy atom.